The molecule has 0 aliphatic carbocycles. The predicted molar refractivity (Wildman–Crippen MR) is 74.2 cm³/mol. The van der Waals surface area contributed by atoms with Crippen LogP contribution in [0.1, 0.15) is 11.3 Å². The van der Waals surface area contributed by atoms with Crippen LogP contribution in [0.3, 0.4) is 0 Å². The molecular formula is C14H12N2O4. The zero-order valence-electron chi connectivity index (χ0n) is 10.7. The van der Waals surface area contributed by atoms with Crippen molar-refractivity contribution in [1.29, 1.82) is 0 Å². The summed E-state index contributed by atoms with van der Waals surface area (Å²) in [5, 5.41) is 13.4. The number of furan rings is 1. The van der Waals surface area contributed by atoms with E-state index in [4.69, 9.17) is 4.42 Å². The third kappa shape index (κ3) is 3.11. The van der Waals surface area contributed by atoms with Crippen molar-refractivity contribution in [3.05, 3.63) is 64.1 Å². The van der Waals surface area contributed by atoms with E-state index < -0.39 is 4.92 Å². The van der Waals surface area contributed by atoms with Gasteiger partial charge in [0.05, 0.1) is 22.4 Å². The maximum atomic E-state index is 11.7. The highest BCUT2D eigenvalue weighted by atomic mass is 16.6. The number of carbonyl (C=O) groups is 1. The molecule has 0 unspecified atom stereocenters. The van der Waals surface area contributed by atoms with Crippen LogP contribution in [0.5, 0.6) is 0 Å². The number of benzene rings is 1. The molecule has 1 amide bonds. The first-order valence-electron chi connectivity index (χ1n) is 5.84. The Morgan fingerprint density at radius 2 is 2.15 bits per heavy atom. The van der Waals surface area contributed by atoms with E-state index in [1.165, 1.54) is 30.5 Å². The summed E-state index contributed by atoms with van der Waals surface area (Å²) in [6.07, 6.45) is 4.32. The lowest BCUT2D eigenvalue weighted by Gasteiger charge is -2.06. The van der Waals surface area contributed by atoms with Crippen LogP contribution in [0, 0.1) is 17.0 Å². The largest absolute Gasteiger partial charge is 0.465 e. The molecule has 0 fully saturated rings. The van der Waals surface area contributed by atoms with Crippen LogP contribution >= 0.6 is 0 Å². The first kappa shape index (κ1) is 13.5. The van der Waals surface area contributed by atoms with Gasteiger partial charge in [0.1, 0.15) is 5.76 Å². The Morgan fingerprint density at radius 1 is 1.35 bits per heavy atom. The lowest BCUT2D eigenvalue weighted by Crippen LogP contribution is -2.09. The summed E-state index contributed by atoms with van der Waals surface area (Å²) in [4.78, 5) is 22.1. The number of amides is 1. The number of hydrogen-bond acceptors (Lipinski definition) is 4. The second kappa shape index (κ2) is 5.83. The van der Waals surface area contributed by atoms with E-state index in [1.54, 1.807) is 25.1 Å². The minimum Gasteiger partial charge on any atom is -0.465 e. The Balaban J connectivity index is 2.12. The summed E-state index contributed by atoms with van der Waals surface area (Å²) in [5.74, 6) is 0.168. The minimum atomic E-state index is -0.482. The molecule has 102 valence electrons. The number of nitrogens with zero attached hydrogens (tertiary/aromatic N) is 1. The van der Waals surface area contributed by atoms with E-state index in [0.717, 1.165) is 0 Å². The zero-order chi connectivity index (χ0) is 14.5. The average molecular weight is 272 g/mol. The summed E-state index contributed by atoms with van der Waals surface area (Å²) in [7, 11) is 0. The second-order valence-corrected chi connectivity index (χ2v) is 4.04. The molecule has 0 saturated heterocycles. The molecule has 0 aliphatic rings. The van der Waals surface area contributed by atoms with Gasteiger partial charge in [-0.05, 0) is 31.2 Å². The Labute approximate surface area is 114 Å². The first-order chi connectivity index (χ1) is 9.58. The molecule has 0 spiro atoms. The molecule has 6 nitrogen and oxygen atoms in total. The van der Waals surface area contributed by atoms with Crippen LogP contribution in [0.25, 0.3) is 6.08 Å². The molecular weight excluding hydrogens is 260 g/mol. The SMILES string of the molecule is Cc1c(NC(=O)C=Cc2ccco2)cccc1[N+](=O)[O-]. The van der Waals surface area contributed by atoms with E-state index in [-0.39, 0.29) is 11.6 Å². The summed E-state index contributed by atoms with van der Waals surface area (Å²) in [6.45, 7) is 1.59. The van der Waals surface area contributed by atoms with E-state index in [1.807, 2.05) is 0 Å². The summed E-state index contributed by atoms with van der Waals surface area (Å²) in [5.41, 5.74) is 0.795. The maximum absolute atomic E-state index is 11.7. The lowest BCUT2D eigenvalue weighted by molar-refractivity contribution is -0.385. The topological polar surface area (TPSA) is 85.4 Å². The summed E-state index contributed by atoms with van der Waals surface area (Å²) in [6, 6.07) is 7.95. The number of nitro groups is 1. The standard InChI is InChI=1S/C14H12N2O4/c1-10-12(5-2-6-13(10)16(18)19)15-14(17)8-7-11-4-3-9-20-11/h2-9H,1H3,(H,15,17). The zero-order valence-corrected chi connectivity index (χ0v) is 10.7. The number of nitro benzene ring substituents is 1. The molecule has 0 aliphatic heterocycles. The monoisotopic (exact) mass is 272 g/mol. The van der Waals surface area contributed by atoms with Crippen molar-refractivity contribution in [3.63, 3.8) is 0 Å². The van der Waals surface area contributed by atoms with Gasteiger partial charge in [0.2, 0.25) is 5.91 Å². The van der Waals surface area contributed by atoms with Gasteiger partial charge in [0.15, 0.2) is 0 Å². The third-order valence-electron chi connectivity index (χ3n) is 2.70. The van der Waals surface area contributed by atoms with Crippen molar-refractivity contribution in [2.75, 3.05) is 5.32 Å². The van der Waals surface area contributed by atoms with Crippen LogP contribution in [0.4, 0.5) is 11.4 Å². The van der Waals surface area contributed by atoms with Gasteiger partial charge in [-0.15, -0.1) is 0 Å². The van der Waals surface area contributed by atoms with Crippen LogP contribution in [0.2, 0.25) is 0 Å². The normalized spacial score (nSPS) is 10.7. The molecule has 2 aromatic rings. The minimum absolute atomic E-state index is 0.0298. The van der Waals surface area contributed by atoms with E-state index in [9.17, 15) is 14.9 Å². The Morgan fingerprint density at radius 3 is 2.80 bits per heavy atom. The van der Waals surface area contributed by atoms with E-state index in [2.05, 4.69) is 5.32 Å². The van der Waals surface area contributed by atoms with Crippen LogP contribution in [0.15, 0.2) is 47.1 Å². The number of rotatable bonds is 4. The van der Waals surface area contributed by atoms with Crippen molar-refractivity contribution in [2.24, 2.45) is 0 Å². The van der Waals surface area contributed by atoms with E-state index in [0.29, 0.717) is 17.0 Å². The van der Waals surface area contributed by atoms with Gasteiger partial charge < -0.3 is 9.73 Å². The molecule has 0 saturated carbocycles. The van der Waals surface area contributed by atoms with Gasteiger partial charge in [-0.3, -0.25) is 14.9 Å². The third-order valence-corrected chi connectivity index (χ3v) is 2.70. The molecule has 1 N–H and O–H groups in total. The second-order valence-electron chi connectivity index (χ2n) is 4.04. The Bertz CT molecular complexity index is 660. The lowest BCUT2D eigenvalue weighted by atomic mass is 10.1. The van der Waals surface area contributed by atoms with Crippen LogP contribution in [-0.4, -0.2) is 10.8 Å². The summed E-state index contributed by atoms with van der Waals surface area (Å²) < 4.78 is 5.05. The Kier molecular flexibility index (Phi) is 3.95. The maximum Gasteiger partial charge on any atom is 0.274 e. The van der Waals surface area contributed by atoms with Crippen molar-refractivity contribution >= 4 is 23.4 Å². The predicted octanol–water partition coefficient (Wildman–Crippen LogP) is 3.15. The molecule has 20 heavy (non-hydrogen) atoms. The average Bonchev–Trinajstić information content (AvgIpc) is 2.91. The Hall–Kier alpha value is -2.89. The molecule has 0 radical (unpaired) electrons. The van der Waals surface area contributed by atoms with Gasteiger partial charge in [-0.1, -0.05) is 6.07 Å². The van der Waals surface area contributed by atoms with E-state index >= 15 is 0 Å². The first-order valence-corrected chi connectivity index (χ1v) is 5.84. The van der Waals surface area contributed by atoms with Gasteiger partial charge in [0.25, 0.3) is 5.69 Å². The fourth-order valence-corrected chi connectivity index (χ4v) is 1.67. The van der Waals surface area contributed by atoms with Gasteiger partial charge in [0, 0.05) is 12.1 Å². The quantitative estimate of drug-likeness (QED) is 0.526. The number of nitrogens with one attached hydrogen (secondary N) is 1. The summed E-state index contributed by atoms with van der Waals surface area (Å²) >= 11 is 0. The number of carbonyl (C=O) groups excluding carboxylic acids is 1. The van der Waals surface area contributed by atoms with Crippen molar-refractivity contribution in [2.45, 2.75) is 6.92 Å². The fraction of sp³-hybridized carbons (Fsp3) is 0.0714. The number of hydrogen-bond donors (Lipinski definition) is 1. The van der Waals surface area contributed by atoms with Gasteiger partial charge in [-0.25, -0.2) is 0 Å². The van der Waals surface area contributed by atoms with Crippen molar-refractivity contribution in [3.8, 4) is 0 Å². The molecule has 0 bridgehead atoms. The van der Waals surface area contributed by atoms with Crippen LogP contribution < -0.4 is 5.32 Å². The molecule has 1 heterocycles. The highest BCUT2D eigenvalue weighted by molar-refractivity contribution is 6.02. The van der Waals surface area contributed by atoms with Crippen molar-refractivity contribution < 1.29 is 14.1 Å². The molecule has 1 aromatic heterocycles. The molecule has 1 aromatic carbocycles. The molecule has 0 atom stereocenters. The van der Waals surface area contributed by atoms with Gasteiger partial charge in [-0.2, -0.15) is 0 Å². The highest BCUT2D eigenvalue weighted by Gasteiger charge is 2.13. The van der Waals surface area contributed by atoms with Gasteiger partial charge >= 0.3 is 0 Å². The molecule has 6 heteroatoms. The fourth-order valence-electron chi connectivity index (χ4n) is 1.67. The highest BCUT2D eigenvalue weighted by Crippen LogP contribution is 2.24. The van der Waals surface area contributed by atoms with Crippen molar-refractivity contribution in [1.82, 2.24) is 0 Å². The number of anilines is 1. The molecule has 2 rings (SSSR count). The van der Waals surface area contributed by atoms with Crippen LogP contribution in [-0.2, 0) is 4.79 Å². The smallest absolute Gasteiger partial charge is 0.274 e.